The highest BCUT2D eigenvalue weighted by molar-refractivity contribution is 5.88. The van der Waals surface area contributed by atoms with E-state index in [4.69, 9.17) is 4.74 Å². The number of hydrogen-bond acceptors (Lipinski definition) is 4. The van der Waals surface area contributed by atoms with Crippen LogP contribution in [0.15, 0.2) is 0 Å². The third-order valence-electron chi connectivity index (χ3n) is 4.37. The standard InChI is InChI=1S/C20H37N3O4/c1-13(2)11-15(12-14(3)4)17(24)21-22-18(25)16-9-8-10-23(16)19(26)27-20(5,6)7/h13-16H,8-12H2,1-7H3,(H,21,24)(H,22,25)/t16-/m1/s1. The highest BCUT2D eigenvalue weighted by Gasteiger charge is 2.37. The van der Waals surface area contributed by atoms with Gasteiger partial charge >= 0.3 is 6.09 Å². The Balaban J connectivity index is 2.63. The number of amides is 3. The maximum absolute atomic E-state index is 12.5. The van der Waals surface area contributed by atoms with Gasteiger partial charge in [-0.2, -0.15) is 0 Å². The van der Waals surface area contributed by atoms with Crippen LogP contribution in [0.25, 0.3) is 0 Å². The summed E-state index contributed by atoms with van der Waals surface area (Å²) in [5.41, 5.74) is 4.46. The highest BCUT2D eigenvalue weighted by atomic mass is 16.6. The van der Waals surface area contributed by atoms with E-state index in [0.29, 0.717) is 24.8 Å². The summed E-state index contributed by atoms with van der Waals surface area (Å²) >= 11 is 0. The summed E-state index contributed by atoms with van der Waals surface area (Å²) in [5.74, 6) is 0.100. The minimum atomic E-state index is -0.617. The van der Waals surface area contributed by atoms with E-state index in [9.17, 15) is 14.4 Å². The zero-order valence-electron chi connectivity index (χ0n) is 17.9. The molecule has 0 spiro atoms. The fourth-order valence-electron chi connectivity index (χ4n) is 3.34. The average Bonchev–Trinajstić information content (AvgIpc) is 2.98. The van der Waals surface area contributed by atoms with Gasteiger partial charge in [0.15, 0.2) is 0 Å². The van der Waals surface area contributed by atoms with Crippen LogP contribution in [0.3, 0.4) is 0 Å². The molecule has 0 unspecified atom stereocenters. The third-order valence-corrected chi connectivity index (χ3v) is 4.37. The first-order valence-corrected chi connectivity index (χ1v) is 10.00. The van der Waals surface area contributed by atoms with Crippen LogP contribution in [0, 0.1) is 17.8 Å². The van der Waals surface area contributed by atoms with Crippen molar-refractivity contribution in [3.63, 3.8) is 0 Å². The summed E-state index contributed by atoms with van der Waals surface area (Å²) in [6.07, 6.45) is 2.33. The van der Waals surface area contributed by atoms with E-state index >= 15 is 0 Å². The Morgan fingerprint density at radius 1 is 1.04 bits per heavy atom. The lowest BCUT2D eigenvalue weighted by Gasteiger charge is -2.28. The van der Waals surface area contributed by atoms with Crippen LogP contribution < -0.4 is 10.9 Å². The Bertz CT molecular complexity index is 516. The second-order valence-electron chi connectivity index (χ2n) is 9.27. The van der Waals surface area contributed by atoms with Crippen molar-refractivity contribution in [3.8, 4) is 0 Å². The number of rotatable bonds is 6. The average molecular weight is 384 g/mol. The van der Waals surface area contributed by atoms with Gasteiger partial charge in [-0.3, -0.25) is 25.3 Å². The van der Waals surface area contributed by atoms with Gasteiger partial charge in [-0.15, -0.1) is 0 Å². The van der Waals surface area contributed by atoms with Crippen LogP contribution in [-0.4, -0.2) is 41.0 Å². The lowest BCUT2D eigenvalue weighted by molar-refractivity contribution is -0.133. The van der Waals surface area contributed by atoms with Crippen molar-refractivity contribution < 1.29 is 19.1 Å². The highest BCUT2D eigenvalue weighted by Crippen LogP contribution is 2.22. The number of likely N-dealkylation sites (tertiary alicyclic amines) is 1. The Hall–Kier alpha value is -1.79. The summed E-state index contributed by atoms with van der Waals surface area (Å²) in [6, 6.07) is -0.617. The topological polar surface area (TPSA) is 87.7 Å². The van der Waals surface area contributed by atoms with Gasteiger partial charge in [0.1, 0.15) is 11.6 Å². The first-order chi connectivity index (χ1) is 12.4. The van der Waals surface area contributed by atoms with Crippen molar-refractivity contribution in [3.05, 3.63) is 0 Å². The Morgan fingerprint density at radius 3 is 2.07 bits per heavy atom. The maximum Gasteiger partial charge on any atom is 0.410 e. The maximum atomic E-state index is 12.5. The molecular formula is C20H37N3O4. The molecule has 1 fully saturated rings. The number of carbonyl (C=O) groups is 3. The monoisotopic (exact) mass is 383 g/mol. The SMILES string of the molecule is CC(C)CC(CC(C)C)C(=O)NNC(=O)[C@H]1CCCN1C(=O)OC(C)(C)C. The lowest BCUT2D eigenvalue weighted by atomic mass is 9.89. The first kappa shape index (κ1) is 23.2. The zero-order chi connectivity index (χ0) is 20.8. The summed E-state index contributed by atoms with van der Waals surface area (Å²) in [7, 11) is 0. The summed E-state index contributed by atoms with van der Waals surface area (Å²) in [5, 5.41) is 0. The van der Waals surface area contributed by atoms with Crippen molar-refractivity contribution in [2.75, 3.05) is 6.54 Å². The molecule has 7 nitrogen and oxygen atoms in total. The lowest BCUT2D eigenvalue weighted by Crippen LogP contribution is -2.53. The van der Waals surface area contributed by atoms with Gasteiger partial charge in [-0.05, 0) is 58.3 Å². The molecule has 27 heavy (non-hydrogen) atoms. The molecule has 1 aliphatic rings. The molecule has 1 heterocycles. The van der Waals surface area contributed by atoms with E-state index in [2.05, 4.69) is 38.5 Å². The smallest absolute Gasteiger partial charge is 0.410 e. The van der Waals surface area contributed by atoms with E-state index in [1.807, 2.05) is 0 Å². The molecule has 0 aliphatic carbocycles. The van der Waals surface area contributed by atoms with Crippen molar-refractivity contribution in [2.45, 2.75) is 85.8 Å². The molecule has 3 amide bonds. The molecule has 1 saturated heterocycles. The fraction of sp³-hybridized carbons (Fsp3) is 0.850. The minimum absolute atomic E-state index is 0.143. The van der Waals surface area contributed by atoms with Crippen molar-refractivity contribution in [1.82, 2.24) is 15.8 Å². The molecule has 0 aromatic rings. The molecule has 0 bridgehead atoms. The van der Waals surface area contributed by atoms with Gasteiger partial charge < -0.3 is 4.74 Å². The normalized spacial score (nSPS) is 17.6. The number of hydrogen-bond donors (Lipinski definition) is 2. The third kappa shape index (κ3) is 8.18. The molecule has 2 N–H and O–H groups in total. The molecule has 0 radical (unpaired) electrons. The van der Waals surface area contributed by atoms with E-state index < -0.39 is 17.7 Å². The van der Waals surface area contributed by atoms with Gasteiger partial charge in [0, 0.05) is 12.5 Å². The Morgan fingerprint density at radius 2 is 1.59 bits per heavy atom. The molecule has 1 rings (SSSR count). The van der Waals surface area contributed by atoms with Crippen LogP contribution in [-0.2, 0) is 14.3 Å². The second-order valence-corrected chi connectivity index (χ2v) is 9.27. The summed E-state index contributed by atoms with van der Waals surface area (Å²) in [6.45, 7) is 14.2. The molecule has 0 aromatic carbocycles. The zero-order valence-corrected chi connectivity index (χ0v) is 17.9. The molecule has 7 heteroatoms. The fourth-order valence-corrected chi connectivity index (χ4v) is 3.34. The number of carbonyl (C=O) groups excluding carboxylic acids is 3. The van der Waals surface area contributed by atoms with Crippen molar-refractivity contribution in [2.24, 2.45) is 17.8 Å². The van der Waals surface area contributed by atoms with E-state index in [0.717, 1.165) is 19.3 Å². The van der Waals surface area contributed by atoms with Gasteiger partial charge in [-0.1, -0.05) is 27.7 Å². The summed E-state index contributed by atoms with van der Waals surface area (Å²) < 4.78 is 5.37. The molecule has 156 valence electrons. The molecule has 1 aliphatic heterocycles. The van der Waals surface area contributed by atoms with E-state index in [1.165, 1.54) is 4.90 Å². The minimum Gasteiger partial charge on any atom is -0.444 e. The van der Waals surface area contributed by atoms with Gasteiger partial charge in [0.05, 0.1) is 0 Å². The van der Waals surface area contributed by atoms with E-state index in [-0.39, 0.29) is 17.7 Å². The molecule has 0 aromatic heterocycles. The molecule has 0 saturated carbocycles. The van der Waals surface area contributed by atoms with Crippen LogP contribution in [0.2, 0.25) is 0 Å². The Kier molecular flexibility index (Phi) is 8.57. The van der Waals surface area contributed by atoms with Gasteiger partial charge in [-0.25, -0.2) is 4.79 Å². The van der Waals surface area contributed by atoms with Crippen molar-refractivity contribution >= 4 is 17.9 Å². The number of ether oxygens (including phenoxy) is 1. The largest absolute Gasteiger partial charge is 0.444 e. The number of hydrazine groups is 1. The predicted molar refractivity (Wildman–Crippen MR) is 105 cm³/mol. The molecular weight excluding hydrogens is 346 g/mol. The molecule has 1 atom stereocenters. The van der Waals surface area contributed by atoms with Gasteiger partial charge in [0.25, 0.3) is 5.91 Å². The second kappa shape index (κ2) is 9.95. The quantitative estimate of drug-likeness (QED) is 0.689. The van der Waals surface area contributed by atoms with Crippen molar-refractivity contribution in [1.29, 1.82) is 0 Å². The van der Waals surface area contributed by atoms with Crippen LogP contribution in [0.5, 0.6) is 0 Å². The predicted octanol–water partition coefficient (Wildman–Crippen LogP) is 3.24. The van der Waals surface area contributed by atoms with Crippen LogP contribution in [0.4, 0.5) is 4.79 Å². The van der Waals surface area contributed by atoms with Crippen LogP contribution in [0.1, 0.15) is 74.1 Å². The number of nitrogens with zero attached hydrogens (tertiary/aromatic N) is 1. The Labute approximate surface area is 163 Å². The van der Waals surface area contributed by atoms with Crippen LogP contribution >= 0.6 is 0 Å². The van der Waals surface area contributed by atoms with Gasteiger partial charge in [0.2, 0.25) is 5.91 Å². The summed E-state index contributed by atoms with van der Waals surface area (Å²) in [4.78, 5) is 38.8. The number of nitrogens with one attached hydrogen (secondary N) is 2. The first-order valence-electron chi connectivity index (χ1n) is 10.00. The van der Waals surface area contributed by atoms with E-state index in [1.54, 1.807) is 20.8 Å².